The van der Waals surface area contributed by atoms with Gasteiger partial charge in [0.05, 0.1) is 30.4 Å². The number of nitrogens with one attached hydrogen (secondary N) is 1. The maximum atomic E-state index is 12.9. The molecular formula is C19H23F3N4O4. The van der Waals surface area contributed by atoms with Gasteiger partial charge in [-0.3, -0.25) is 9.59 Å². The summed E-state index contributed by atoms with van der Waals surface area (Å²) in [6, 6.07) is 0.713. The van der Waals surface area contributed by atoms with Gasteiger partial charge in [-0.25, -0.2) is 4.98 Å². The molecule has 11 heteroatoms. The number of hydrogen-bond acceptors (Lipinski definition) is 7. The molecule has 2 N–H and O–H groups in total. The molecule has 1 aromatic rings. The van der Waals surface area contributed by atoms with Crippen molar-refractivity contribution in [1.82, 2.24) is 15.2 Å². The molecule has 2 saturated heterocycles. The summed E-state index contributed by atoms with van der Waals surface area (Å²) in [5.41, 5.74) is -0.999. The summed E-state index contributed by atoms with van der Waals surface area (Å²) in [6.45, 7) is 2.04. The Balaban J connectivity index is 1.39. The molecule has 3 atom stereocenters. The molecular weight excluding hydrogens is 405 g/mol. The van der Waals surface area contributed by atoms with Gasteiger partial charge in [0.25, 0.3) is 5.91 Å². The Hall–Kier alpha value is -2.24. The predicted molar refractivity (Wildman–Crippen MR) is 99.1 cm³/mol. The number of ether oxygens (including phenoxy) is 1. The van der Waals surface area contributed by atoms with Gasteiger partial charge < -0.3 is 25.0 Å². The first-order valence-corrected chi connectivity index (χ1v) is 9.89. The maximum absolute atomic E-state index is 12.9. The van der Waals surface area contributed by atoms with Crippen LogP contribution in [0.3, 0.4) is 0 Å². The van der Waals surface area contributed by atoms with Crippen LogP contribution in [0.5, 0.6) is 0 Å². The lowest BCUT2D eigenvalue weighted by molar-refractivity contribution is -0.144. The van der Waals surface area contributed by atoms with Gasteiger partial charge in [0.1, 0.15) is 5.82 Å². The number of halogens is 3. The van der Waals surface area contributed by atoms with Crippen LogP contribution < -0.4 is 10.2 Å². The van der Waals surface area contributed by atoms with E-state index in [1.165, 1.54) is 4.90 Å². The lowest BCUT2D eigenvalue weighted by Gasteiger charge is -2.45. The number of pyridine rings is 1. The highest BCUT2D eigenvalue weighted by Gasteiger charge is 2.40. The molecule has 164 valence electrons. The number of hydrogen-bond donors (Lipinski definition) is 2. The predicted octanol–water partition coefficient (Wildman–Crippen LogP) is 0.443. The summed E-state index contributed by atoms with van der Waals surface area (Å²) in [6.07, 6.45) is -4.15. The van der Waals surface area contributed by atoms with Crippen molar-refractivity contribution < 1.29 is 32.6 Å². The Bertz CT molecular complexity index is 830. The van der Waals surface area contributed by atoms with E-state index >= 15 is 0 Å². The Morgan fingerprint density at radius 3 is 2.83 bits per heavy atom. The number of aliphatic hydroxyl groups excluding tert-OH is 1. The number of anilines is 1. The minimum absolute atomic E-state index is 0.0142. The molecule has 0 aromatic carbocycles. The van der Waals surface area contributed by atoms with Crippen LogP contribution in [0.1, 0.15) is 28.8 Å². The van der Waals surface area contributed by atoms with Crippen molar-refractivity contribution in [3.05, 3.63) is 23.4 Å². The molecule has 1 aromatic heterocycles. The molecule has 3 unspecified atom stereocenters. The molecule has 4 rings (SSSR count). The molecule has 3 aliphatic rings. The molecule has 8 nitrogen and oxygen atoms in total. The van der Waals surface area contributed by atoms with Crippen LogP contribution >= 0.6 is 0 Å². The average molecular weight is 428 g/mol. The second-order valence-corrected chi connectivity index (χ2v) is 7.84. The van der Waals surface area contributed by atoms with Crippen LogP contribution in [0.4, 0.5) is 19.0 Å². The SMILES string of the molecule is O=C1CC2CN(C(=O)C(O)COCC3CCN3)CCN2c2ncc(C(F)(F)F)cc21. The van der Waals surface area contributed by atoms with Crippen LogP contribution in [-0.2, 0) is 15.7 Å². The van der Waals surface area contributed by atoms with E-state index in [4.69, 9.17) is 4.74 Å². The fraction of sp³-hybridized carbons (Fsp3) is 0.632. The summed E-state index contributed by atoms with van der Waals surface area (Å²) in [7, 11) is 0. The number of aromatic nitrogens is 1. The average Bonchev–Trinajstić information content (AvgIpc) is 2.67. The number of rotatable bonds is 5. The quantitative estimate of drug-likeness (QED) is 0.703. The summed E-state index contributed by atoms with van der Waals surface area (Å²) in [5.74, 6) is -0.695. The minimum Gasteiger partial charge on any atom is -0.381 e. The lowest BCUT2D eigenvalue weighted by Crippen LogP contribution is -2.59. The molecule has 30 heavy (non-hydrogen) atoms. The molecule has 0 radical (unpaired) electrons. The maximum Gasteiger partial charge on any atom is 0.417 e. The van der Waals surface area contributed by atoms with Crippen molar-refractivity contribution in [1.29, 1.82) is 0 Å². The third-order valence-corrected chi connectivity index (χ3v) is 5.79. The van der Waals surface area contributed by atoms with E-state index < -0.39 is 29.5 Å². The van der Waals surface area contributed by atoms with Crippen molar-refractivity contribution in [2.45, 2.75) is 37.2 Å². The lowest BCUT2D eigenvalue weighted by atomic mass is 9.94. The highest BCUT2D eigenvalue weighted by molar-refractivity contribution is 6.03. The summed E-state index contributed by atoms with van der Waals surface area (Å²) in [5, 5.41) is 13.3. The number of aliphatic hydroxyl groups is 1. The largest absolute Gasteiger partial charge is 0.417 e. The fourth-order valence-corrected chi connectivity index (χ4v) is 3.97. The smallest absolute Gasteiger partial charge is 0.381 e. The highest BCUT2D eigenvalue weighted by Crippen LogP contribution is 2.36. The zero-order valence-corrected chi connectivity index (χ0v) is 16.2. The Labute approximate surface area is 171 Å². The van der Waals surface area contributed by atoms with Crippen LogP contribution in [0, 0.1) is 0 Å². The zero-order chi connectivity index (χ0) is 21.5. The number of carbonyl (C=O) groups is 2. The second kappa shape index (κ2) is 8.12. The molecule has 0 bridgehead atoms. The van der Waals surface area contributed by atoms with Crippen molar-refractivity contribution in [3.63, 3.8) is 0 Å². The van der Waals surface area contributed by atoms with E-state index in [0.717, 1.165) is 25.2 Å². The number of amides is 1. The first-order chi connectivity index (χ1) is 14.2. The Morgan fingerprint density at radius 1 is 1.40 bits per heavy atom. The zero-order valence-electron chi connectivity index (χ0n) is 16.2. The molecule has 0 aliphatic carbocycles. The van der Waals surface area contributed by atoms with Crippen LogP contribution in [0.15, 0.2) is 12.3 Å². The third kappa shape index (κ3) is 4.14. The van der Waals surface area contributed by atoms with Gasteiger partial charge >= 0.3 is 6.18 Å². The normalized spacial score (nSPS) is 24.7. The van der Waals surface area contributed by atoms with E-state index in [9.17, 15) is 27.9 Å². The first kappa shape index (κ1) is 21.0. The third-order valence-electron chi connectivity index (χ3n) is 5.79. The number of ketones is 1. The van der Waals surface area contributed by atoms with Gasteiger partial charge in [0, 0.05) is 38.3 Å². The molecule has 4 heterocycles. The standard InChI is InChI=1S/C19H23F3N4O4/c20-19(21,22)11-5-14-15(27)6-13-8-25(3-4-26(13)17(14)24-7-11)18(29)16(28)10-30-9-12-1-2-23-12/h5,7,12-13,16,23,28H,1-4,6,8-10H2. The summed E-state index contributed by atoms with van der Waals surface area (Å²) in [4.78, 5) is 32.1. The molecule has 2 fully saturated rings. The minimum atomic E-state index is -4.57. The van der Waals surface area contributed by atoms with E-state index in [2.05, 4.69) is 10.3 Å². The number of alkyl halides is 3. The number of piperazine rings is 1. The molecule has 3 aliphatic heterocycles. The van der Waals surface area contributed by atoms with Crippen molar-refractivity contribution >= 4 is 17.5 Å². The molecule has 0 spiro atoms. The van der Waals surface area contributed by atoms with Gasteiger partial charge in [0.15, 0.2) is 11.9 Å². The van der Waals surface area contributed by atoms with Gasteiger partial charge in [-0.05, 0) is 19.0 Å². The summed E-state index contributed by atoms with van der Waals surface area (Å²) < 4.78 is 44.2. The Kier molecular flexibility index (Phi) is 5.69. The van der Waals surface area contributed by atoms with Crippen molar-refractivity contribution in [3.8, 4) is 0 Å². The van der Waals surface area contributed by atoms with Crippen LogP contribution in [0.25, 0.3) is 0 Å². The molecule has 0 saturated carbocycles. The monoisotopic (exact) mass is 428 g/mol. The van der Waals surface area contributed by atoms with Crippen molar-refractivity contribution in [2.75, 3.05) is 44.3 Å². The summed E-state index contributed by atoms with van der Waals surface area (Å²) >= 11 is 0. The number of fused-ring (bicyclic) bond motifs is 3. The number of carbonyl (C=O) groups excluding carboxylic acids is 2. The first-order valence-electron chi connectivity index (χ1n) is 9.89. The topological polar surface area (TPSA) is 95.0 Å². The fourth-order valence-electron chi connectivity index (χ4n) is 3.97. The van der Waals surface area contributed by atoms with Crippen LogP contribution in [0.2, 0.25) is 0 Å². The van der Waals surface area contributed by atoms with Gasteiger partial charge in [-0.2, -0.15) is 13.2 Å². The van der Waals surface area contributed by atoms with E-state index in [0.29, 0.717) is 13.2 Å². The number of nitrogens with zero attached hydrogens (tertiary/aromatic N) is 3. The van der Waals surface area contributed by atoms with E-state index in [1.54, 1.807) is 4.90 Å². The molecule has 1 amide bonds. The van der Waals surface area contributed by atoms with Crippen molar-refractivity contribution in [2.24, 2.45) is 0 Å². The van der Waals surface area contributed by atoms with Gasteiger partial charge in [-0.1, -0.05) is 0 Å². The van der Waals surface area contributed by atoms with E-state index in [-0.39, 0.29) is 49.6 Å². The van der Waals surface area contributed by atoms with E-state index in [1.807, 2.05) is 0 Å². The van der Waals surface area contributed by atoms with Gasteiger partial charge in [0.2, 0.25) is 0 Å². The van der Waals surface area contributed by atoms with Crippen LogP contribution in [-0.4, -0.2) is 84.3 Å². The van der Waals surface area contributed by atoms with Gasteiger partial charge in [-0.15, -0.1) is 0 Å². The Morgan fingerprint density at radius 2 is 2.17 bits per heavy atom. The number of Topliss-reactive ketones (excluding diaryl/α,β-unsaturated/α-hetero) is 1. The highest BCUT2D eigenvalue weighted by atomic mass is 19.4. The second-order valence-electron chi connectivity index (χ2n) is 7.84.